The van der Waals surface area contributed by atoms with E-state index in [1.165, 1.54) is 6.92 Å². The van der Waals surface area contributed by atoms with Gasteiger partial charge in [0.05, 0.1) is 24.9 Å². The normalized spacial score (nSPS) is 23.2. The number of carboxylic acids is 1. The number of thioether (sulfide) groups is 1. The average Bonchev–Trinajstić information content (AvgIpc) is 2.94. The Morgan fingerprint density at radius 1 is 1.12 bits per heavy atom. The topological polar surface area (TPSA) is 154 Å². The summed E-state index contributed by atoms with van der Waals surface area (Å²) in [4.78, 5) is 36.7. The molecule has 0 saturated carbocycles. The Balaban J connectivity index is 1.63. The van der Waals surface area contributed by atoms with Gasteiger partial charge in [0.2, 0.25) is 5.91 Å². The molecule has 0 unspecified atom stereocenters. The van der Waals surface area contributed by atoms with Crippen molar-refractivity contribution < 1.29 is 39.2 Å². The van der Waals surface area contributed by atoms with Crippen LogP contribution in [-0.4, -0.2) is 87.9 Å². The maximum absolute atomic E-state index is 12.7. The Kier molecular flexibility index (Phi) is 12.0. The van der Waals surface area contributed by atoms with Crippen molar-refractivity contribution in [1.82, 2.24) is 10.6 Å². The van der Waals surface area contributed by atoms with Crippen molar-refractivity contribution in [3.05, 3.63) is 60.2 Å². The number of amides is 2. The summed E-state index contributed by atoms with van der Waals surface area (Å²) in [7, 11) is 0. The van der Waals surface area contributed by atoms with Crippen molar-refractivity contribution >= 4 is 29.5 Å². The van der Waals surface area contributed by atoms with Gasteiger partial charge in [0.15, 0.2) is 0 Å². The Labute approximate surface area is 238 Å². The van der Waals surface area contributed by atoms with E-state index < -0.39 is 48.4 Å². The molecule has 11 heteroatoms. The summed E-state index contributed by atoms with van der Waals surface area (Å²) < 4.78 is 11.5. The number of aliphatic carboxylic acids is 1. The maximum Gasteiger partial charge on any atom is 0.364 e. The molecule has 1 heterocycles. The molecule has 0 aliphatic carbocycles. The summed E-state index contributed by atoms with van der Waals surface area (Å²) in [5.74, 6) is -2.74. The molecule has 1 saturated heterocycles. The number of rotatable bonds is 14. The van der Waals surface area contributed by atoms with Crippen LogP contribution in [0.4, 0.5) is 0 Å². The van der Waals surface area contributed by atoms with Crippen LogP contribution in [0.1, 0.15) is 43.5 Å². The molecule has 0 radical (unpaired) electrons. The zero-order valence-corrected chi connectivity index (χ0v) is 23.6. The molecule has 0 aromatic heterocycles. The molecule has 5 atom stereocenters. The van der Waals surface area contributed by atoms with Gasteiger partial charge in [-0.3, -0.25) is 9.59 Å². The van der Waals surface area contributed by atoms with E-state index in [9.17, 15) is 29.7 Å². The number of hydrogen-bond donors (Lipinski definition) is 5. The lowest BCUT2D eigenvalue weighted by atomic mass is 9.89. The first-order valence-corrected chi connectivity index (χ1v) is 14.5. The predicted octanol–water partition coefficient (Wildman–Crippen LogP) is 2.43. The molecule has 0 bridgehead atoms. The predicted molar refractivity (Wildman–Crippen MR) is 152 cm³/mol. The van der Waals surface area contributed by atoms with Gasteiger partial charge in [-0.25, -0.2) is 4.79 Å². The third-order valence-electron chi connectivity index (χ3n) is 6.60. The van der Waals surface area contributed by atoms with Crippen LogP contribution in [0.2, 0.25) is 0 Å². The van der Waals surface area contributed by atoms with Crippen LogP contribution >= 0.6 is 11.8 Å². The van der Waals surface area contributed by atoms with Crippen molar-refractivity contribution in [2.24, 2.45) is 0 Å². The SMILES string of the molecule is CCSCCCO[C@]1(C(=O)O)C[C@H](O)[C@@H](NC(C)=O)[C@H]([C@H](O)CCNC(=O)c2ccc(-c3ccccc3)cc2)O1. The summed E-state index contributed by atoms with van der Waals surface area (Å²) in [6.07, 6.45) is -3.84. The van der Waals surface area contributed by atoms with Crippen molar-refractivity contribution in [2.75, 3.05) is 24.7 Å². The number of nitrogens with one attached hydrogen (secondary N) is 2. The summed E-state index contributed by atoms with van der Waals surface area (Å²) in [5, 5.41) is 37.0. The van der Waals surface area contributed by atoms with E-state index >= 15 is 0 Å². The molecule has 218 valence electrons. The summed E-state index contributed by atoms with van der Waals surface area (Å²) in [5.41, 5.74) is 2.44. The second-order valence-electron chi connectivity index (χ2n) is 9.59. The van der Waals surface area contributed by atoms with Gasteiger partial charge in [-0.2, -0.15) is 11.8 Å². The van der Waals surface area contributed by atoms with Crippen LogP contribution in [0.5, 0.6) is 0 Å². The van der Waals surface area contributed by atoms with Gasteiger partial charge >= 0.3 is 5.97 Å². The van der Waals surface area contributed by atoms with Crippen LogP contribution in [0.3, 0.4) is 0 Å². The Hall–Kier alpha value is -2.96. The lowest BCUT2D eigenvalue weighted by Gasteiger charge is -2.46. The molecule has 2 aromatic rings. The van der Waals surface area contributed by atoms with Gasteiger partial charge in [0.25, 0.3) is 11.7 Å². The monoisotopic (exact) mass is 574 g/mol. The molecule has 1 fully saturated rings. The van der Waals surface area contributed by atoms with E-state index in [0.717, 1.165) is 22.6 Å². The zero-order chi connectivity index (χ0) is 29.1. The average molecular weight is 575 g/mol. The lowest BCUT2D eigenvalue weighted by molar-refractivity contribution is -0.306. The summed E-state index contributed by atoms with van der Waals surface area (Å²) >= 11 is 1.68. The van der Waals surface area contributed by atoms with Crippen molar-refractivity contribution in [2.45, 2.75) is 63.3 Å². The maximum atomic E-state index is 12.7. The van der Waals surface area contributed by atoms with Crippen molar-refractivity contribution in [3.8, 4) is 11.1 Å². The Bertz CT molecular complexity index is 1120. The first-order chi connectivity index (χ1) is 19.2. The minimum Gasteiger partial charge on any atom is -0.477 e. The number of aliphatic hydroxyl groups excluding tert-OH is 2. The smallest absolute Gasteiger partial charge is 0.364 e. The van der Waals surface area contributed by atoms with Gasteiger partial charge in [0.1, 0.15) is 6.10 Å². The molecular weight excluding hydrogens is 536 g/mol. The third kappa shape index (κ3) is 8.52. The highest BCUT2D eigenvalue weighted by Gasteiger charge is 2.54. The van der Waals surface area contributed by atoms with E-state index in [0.29, 0.717) is 12.0 Å². The van der Waals surface area contributed by atoms with Gasteiger partial charge in [-0.05, 0) is 47.6 Å². The quantitative estimate of drug-likeness (QED) is 0.214. The molecule has 2 amide bonds. The van der Waals surface area contributed by atoms with Gasteiger partial charge in [0, 0.05) is 25.5 Å². The fourth-order valence-corrected chi connectivity index (χ4v) is 5.18. The molecule has 1 aliphatic heterocycles. The van der Waals surface area contributed by atoms with Crippen molar-refractivity contribution in [3.63, 3.8) is 0 Å². The van der Waals surface area contributed by atoms with Gasteiger partial charge in [-0.1, -0.05) is 49.4 Å². The zero-order valence-electron chi connectivity index (χ0n) is 22.7. The van der Waals surface area contributed by atoms with Crippen LogP contribution in [0.25, 0.3) is 11.1 Å². The fourth-order valence-electron chi connectivity index (χ4n) is 4.57. The molecule has 2 aromatic carbocycles. The Morgan fingerprint density at radius 2 is 1.80 bits per heavy atom. The van der Waals surface area contributed by atoms with Gasteiger partial charge < -0.3 is 35.4 Å². The van der Waals surface area contributed by atoms with Crippen LogP contribution in [0.15, 0.2) is 54.6 Å². The van der Waals surface area contributed by atoms with Crippen LogP contribution in [0, 0.1) is 0 Å². The minimum atomic E-state index is -2.18. The summed E-state index contributed by atoms with van der Waals surface area (Å²) in [6, 6.07) is 15.8. The Morgan fingerprint density at radius 3 is 2.42 bits per heavy atom. The second-order valence-corrected chi connectivity index (χ2v) is 11.0. The van der Waals surface area contributed by atoms with Crippen LogP contribution in [-0.2, 0) is 19.1 Å². The number of benzene rings is 2. The first kappa shape index (κ1) is 31.6. The van der Waals surface area contributed by atoms with E-state index in [-0.39, 0.29) is 25.5 Å². The number of aliphatic hydroxyl groups is 2. The minimum absolute atomic E-state index is 0.0237. The van der Waals surface area contributed by atoms with E-state index in [1.54, 1.807) is 23.9 Å². The number of carbonyl (C=O) groups is 3. The first-order valence-electron chi connectivity index (χ1n) is 13.4. The molecule has 1 aliphatic rings. The third-order valence-corrected chi connectivity index (χ3v) is 7.59. The van der Waals surface area contributed by atoms with E-state index in [4.69, 9.17) is 9.47 Å². The lowest BCUT2D eigenvalue weighted by Crippen LogP contribution is -2.66. The molecule has 5 N–H and O–H groups in total. The van der Waals surface area contributed by atoms with E-state index in [2.05, 4.69) is 10.6 Å². The molecule has 10 nitrogen and oxygen atoms in total. The van der Waals surface area contributed by atoms with Crippen LogP contribution < -0.4 is 10.6 Å². The highest BCUT2D eigenvalue weighted by atomic mass is 32.2. The van der Waals surface area contributed by atoms with Gasteiger partial charge in [-0.15, -0.1) is 0 Å². The largest absolute Gasteiger partial charge is 0.477 e. The van der Waals surface area contributed by atoms with Crippen molar-refractivity contribution in [1.29, 1.82) is 0 Å². The molecular formula is C29H38N2O8S. The highest BCUT2D eigenvalue weighted by Crippen LogP contribution is 2.33. The fraction of sp³-hybridized carbons (Fsp3) is 0.483. The number of ether oxygens (including phenoxy) is 2. The number of carbonyl (C=O) groups excluding carboxylic acids is 2. The standard InChI is InChI=1S/C29H38N2O8S/c1-3-40-17-7-16-38-29(28(36)37)18-24(34)25(31-19(2)32)26(39-29)23(33)14-15-30-27(35)22-12-10-21(11-13-22)20-8-5-4-6-9-20/h4-6,8-13,23-26,33-34H,3,7,14-18H2,1-2H3,(H,30,35)(H,31,32)(H,36,37)/t23-,24+,25-,26+,29-/m1/s1. The molecule has 0 spiro atoms. The second kappa shape index (κ2) is 15.2. The molecule has 40 heavy (non-hydrogen) atoms. The number of hydrogen-bond acceptors (Lipinski definition) is 8. The van der Waals surface area contributed by atoms with E-state index in [1.807, 2.05) is 49.4 Å². The molecule has 3 rings (SSSR count). The summed E-state index contributed by atoms with van der Waals surface area (Å²) in [6.45, 7) is 3.39. The highest BCUT2D eigenvalue weighted by molar-refractivity contribution is 7.99. The number of carboxylic acid groups (broad SMARTS) is 1.